The summed E-state index contributed by atoms with van der Waals surface area (Å²) in [5.74, 6) is -1.64. The average Bonchev–Trinajstić information content (AvgIpc) is 2.88. The minimum absolute atomic E-state index is 0.0413. The summed E-state index contributed by atoms with van der Waals surface area (Å²) in [5, 5.41) is 20.5. The fourth-order valence-electron chi connectivity index (χ4n) is 3.73. The second-order valence-electron chi connectivity index (χ2n) is 10.4. The molecule has 3 aromatic rings. The zero-order valence-corrected chi connectivity index (χ0v) is 22.6. The van der Waals surface area contributed by atoms with Gasteiger partial charge in [0.15, 0.2) is 0 Å². The predicted octanol–water partition coefficient (Wildman–Crippen LogP) is 6.23. The first-order chi connectivity index (χ1) is 18.3. The number of esters is 1. The Hall–Kier alpha value is -4.71. The van der Waals surface area contributed by atoms with Gasteiger partial charge in [-0.25, -0.2) is 19.4 Å². The summed E-state index contributed by atoms with van der Waals surface area (Å²) in [6.07, 6.45) is -0.827. The van der Waals surface area contributed by atoms with E-state index in [2.05, 4.69) is 11.6 Å². The van der Waals surface area contributed by atoms with Gasteiger partial charge < -0.3 is 14.6 Å². The molecule has 1 amide bonds. The summed E-state index contributed by atoms with van der Waals surface area (Å²) in [5.41, 5.74) is 0.223. The van der Waals surface area contributed by atoms with E-state index in [-0.39, 0.29) is 41.6 Å². The van der Waals surface area contributed by atoms with Crippen molar-refractivity contribution in [2.75, 3.05) is 18.1 Å². The summed E-state index contributed by atoms with van der Waals surface area (Å²) in [4.78, 5) is 43.6. The van der Waals surface area contributed by atoms with Gasteiger partial charge in [-0.1, -0.05) is 44.7 Å². The molecule has 9 heteroatoms. The number of ether oxygens (including phenoxy) is 2. The van der Waals surface area contributed by atoms with E-state index in [0.29, 0.717) is 22.0 Å². The number of aromatic nitrogens is 1. The van der Waals surface area contributed by atoms with Crippen LogP contribution < -0.4 is 4.90 Å². The van der Waals surface area contributed by atoms with E-state index in [1.165, 1.54) is 6.07 Å². The van der Waals surface area contributed by atoms with E-state index in [4.69, 9.17) is 9.47 Å². The average molecular weight is 530 g/mol. The minimum Gasteiger partial charge on any atom is -0.478 e. The highest BCUT2D eigenvalue weighted by Gasteiger charge is 2.29. The molecule has 1 heterocycles. The Morgan fingerprint density at radius 3 is 2.44 bits per heavy atom. The van der Waals surface area contributed by atoms with Crippen LogP contribution in [0.1, 0.15) is 55.5 Å². The topological polar surface area (TPSA) is 130 Å². The smallest absolute Gasteiger partial charge is 0.415 e. The molecule has 1 N–H and O–H groups in total. The third-order valence-corrected chi connectivity index (χ3v) is 5.42. The molecule has 0 spiro atoms. The molecule has 0 saturated carbocycles. The highest BCUT2D eigenvalue weighted by molar-refractivity contribution is 6.11. The van der Waals surface area contributed by atoms with E-state index in [0.717, 1.165) is 4.90 Å². The number of carboxylic acids is 1. The molecule has 9 nitrogen and oxygen atoms in total. The number of pyridine rings is 1. The molecule has 3 rings (SSSR count). The van der Waals surface area contributed by atoms with Gasteiger partial charge in [-0.3, -0.25) is 4.90 Å². The Bertz CT molecular complexity index is 1480. The maximum Gasteiger partial charge on any atom is 0.415 e. The standard InChI is InChI=1S/C30H31N3O6/c1-18(2)17-38-28(36)25-9-7-8-24(32-25)21-11-10-20-12-13-22(27(34)35)26(23(20)14-21)33(16-19(3)15-31)29(37)39-30(4,5)6/h7-14,18H,3,16-17H2,1-2,4-6H3,(H,34,35). The van der Waals surface area contributed by atoms with Gasteiger partial charge in [0.1, 0.15) is 11.3 Å². The van der Waals surface area contributed by atoms with Crippen molar-refractivity contribution in [3.8, 4) is 17.3 Å². The largest absolute Gasteiger partial charge is 0.478 e. The molecule has 2 aromatic carbocycles. The molecule has 0 unspecified atom stereocenters. The van der Waals surface area contributed by atoms with E-state index >= 15 is 0 Å². The Morgan fingerprint density at radius 1 is 1.13 bits per heavy atom. The van der Waals surface area contributed by atoms with Gasteiger partial charge in [0.25, 0.3) is 0 Å². The second-order valence-corrected chi connectivity index (χ2v) is 10.4. The Kier molecular flexibility index (Phi) is 8.71. The number of carboxylic acid groups (broad SMARTS) is 1. The SMILES string of the molecule is C=C(C#N)CN(C(=O)OC(C)(C)C)c1c(C(=O)O)ccc2ccc(-c3cccc(C(=O)OCC(C)C)n3)cc12. The summed E-state index contributed by atoms with van der Waals surface area (Å²) in [7, 11) is 0. The molecule has 0 fully saturated rings. The van der Waals surface area contributed by atoms with Crippen molar-refractivity contribution < 1.29 is 29.0 Å². The number of nitriles is 1. The zero-order chi connectivity index (χ0) is 28.9. The highest BCUT2D eigenvalue weighted by atomic mass is 16.6. The lowest BCUT2D eigenvalue weighted by Gasteiger charge is -2.29. The number of aromatic carboxylic acids is 1. The van der Waals surface area contributed by atoms with E-state index in [1.54, 1.807) is 63.2 Å². The van der Waals surface area contributed by atoms with E-state index in [9.17, 15) is 24.8 Å². The monoisotopic (exact) mass is 529 g/mol. The van der Waals surface area contributed by atoms with Crippen LogP contribution >= 0.6 is 0 Å². The third-order valence-electron chi connectivity index (χ3n) is 5.42. The van der Waals surface area contributed by atoms with E-state index in [1.807, 2.05) is 19.9 Å². The molecule has 0 radical (unpaired) electrons. The number of amides is 1. The van der Waals surface area contributed by atoms with Crippen LogP contribution in [0.15, 0.2) is 60.7 Å². The maximum atomic E-state index is 13.3. The number of nitrogens with zero attached hydrogens (tertiary/aromatic N) is 3. The number of rotatable bonds is 8. The number of anilines is 1. The lowest BCUT2D eigenvalue weighted by Crippen LogP contribution is -2.38. The van der Waals surface area contributed by atoms with Gasteiger partial charge in [-0.15, -0.1) is 0 Å². The first kappa shape index (κ1) is 28.9. The molecule has 0 aliphatic rings. The molecule has 0 aliphatic carbocycles. The Labute approximate surface area is 227 Å². The number of hydrogen-bond acceptors (Lipinski definition) is 7. The molecular weight excluding hydrogens is 498 g/mol. The second kappa shape index (κ2) is 11.8. The van der Waals surface area contributed by atoms with E-state index < -0.39 is 23.6 Å². The lowest BCUT2D eigenvalue weighted by atomic mass is 9.99. The molecule has 0 aliphatic heterocycles. The predicted molar refractivity (Wildman–Crippen MR) is 148 cm³/mol. The fraction of sp³-hybridized carbons (Fsp3) is 0.300. The molecular formula is C30H31N3O6. The Balaban J connectivity index is 2.21. The van der Waals surface area contributed by atoms with Gasteiger partial charge in [-0.05, 0) is 56.3 Å². The third kappa shape index (κ3) is 7.20. The first-order valence-electron chi connectivity index (χ1n) is 12.3. The number of carbonyl (C=O) groups excluding carboxylic acids is 2. The quantitative estimate of drug-likeness (QED) is 0.268. The summed E-state index contributed by atoms with van der Waals surface area (Å²) in [6, 6.07) is 15.1. The van der Waals surface area contributed by atoms with Crippen molar-refractivity contribution in [1.82, 2.24) is 4.98 Å². The van der Waals surface area contributed by atoms with Crippen LogP contribution in [0.25, 0.3) is 22.0 Å². The van der Waals surface area contributed by atoms with Crippen molar-refractivity contribution in [2.24, 2.45) is 5.92 Å². The molecule has 39 heavy (non-hydrogen) atoms. The van der Waals surface area contributed by atoms with Crippen LogP contribution in [-0.2, 0) is 9.47 Å². The van der Waals surface area contributed by atoms with Crippen LogP contribution in [0.2, 0.25) is 0 Å². The lowest BCUT2D eigenvalue weighted by molar-refractivity contribution is 0.0451. The molecule has 0 saturated heterocycles. The van der Waals surface area contributed by atoms with Crippen molar-refractivity contribution in [3.63, 3.8) is 0 Å². The number of fused-ring (bicyclic) bond motifs is 1. The number of carbonyl (C=O) groups is 3. The van der Waals surface area contributed by atoms with Crippen LogP contribution in [0.5, 0.6) is 0 Å². The van der Waals surface area contributed by atoms with Crippen molar-refractivity contribution in [2.45, 2.75) is 40.2 Å². The van der Waals surface area contributed by atoms with Crippen LogP contribution in [0.3, 0.4) is 0 Å². The maximum absolute atomic E-state index is 13.3. The number of benzene rings is 2. The van der Waals surface area contributed by atoms with Gasteiger partial charge in [0, 0.05) is 16.5 Å². The molecule has 202 valence electrons. The fourth-order valence-corrected chi connectivity index (χ4v) is 3.73. The highest BCUT2D eigenvalue weighted by Crippen LogP contribution is 2.35. The normalized spacial score (nSPS) is 11.1. The van der Waals surface area contributed by atoms with Gasteiger partial charge in [-0.2, -0.15) is 5.26 Å². The summed E-state index contributed by atoms with van der Waals surface area (Å²) >= 11 is 0. The van der Waals surface area contributed by atoms with Crippen molar-refractivity contribution in [1.29, 1.82) is 5.26 Å². The molecule has 0 bridgehead atoms. The minimum atomic E-state index is -1.26. The summed E-state index contributed by atoms with van der Waals surface area (Å²) in [6.45, 7) is 12.6. The zero-order valence-electron chi connectivity index (χ0n) is 22.6. The van der Waals surface area contributed by atoms with Gasteiger partial charge in [0.2, 0.25) is 0 Å². The van der Waals surface area contributed by atoms with Crippen molar-refractivity contribution in [3.05, 3.63) is 71.9 Å². The van der Waals surface area contributed by atoms with Crippen LogP contribution in [0.4, 0.5) is 10.5 Å². The Morgan fingerprint density at radius 2 is 1.82 bits per heavy atom. The van der Waals surface area contributed by atoms with Gasteiger partial charge >= 0.3 is 18.0 Å². The molecule has 1 aromatic heterocycles. The number of hydrogen-bond donors (Lipinski definition) is 1. The van der Waals surface area contributed by atoms with Crippen molar-refractivity contribution >= 4 is 34.5 Å². The van der Waals surface area contributed by atoms with Crippen LogP contribution in [0, 0.1) is 17.2 Å². The molecule has 0 atom stereocenters. The van der Waals surface area contributed by atoms with Crippen LogP contribution in [-0.4, -0.2) is 46.9 Å². The summed E-state index contributed by atoms with van der Waals surface area (Å²) < 4.78 is 10.9. The van der Waals surface area contributed by atoms with Gasteiger partial charge in [0.05, 0.1) is 36.2 Å². The first-order valence-corrected chi connectivity index (χ1v) is 12.3.